The van der Waals surface area contributed by atoms with Crippen LogP contribution < -0.4 is 4.74 Å². The molecule has 0 saturated heterocycles. The highest BCUT2D eigenvalue weighted by Gasteiger charge is 2.23. The number of fused-ring (bicyclic) bond motifs is 1. The summed E-state index contributed by atoms with van der Waals surface area (Å²) in [5.74, 6) is 0.207. The molecule has 0 N–H and O–H groups in total. The normalized spacial score (nSPS) is 12.1. The number of benzene rings is 3. The molecule has 0 radical (unpaired) electrons. The molecular weight excluding hydrogens is 449 g/mol. The van der Waals surface area contributed by atoms with Gasteiger partial charge >= 0.3 is 0 Å². The van der Waals surface area contributed by atoms with Crippen molar-refractivity contribution in [2.75, 3.05) is 7.11 Å². The van der Waals surface area contributed by atoms with E-state index in [1.807, 2.05) is 37.3 Å². The Bertz CT molecular complexity index is 1200. The van der Waals surface area contributed by atoms with E-state index in [2.05, 4.69) is 18.2 Å². The second kappa shape index (κ2) is 9.39. The molecule has 158 valence electrons. The van der Waals surface area contributed by atoms with E-state index in [1.54, 1.807) is 23.5 Å². The number of ketones is 1. The fourth-order valence-corrected chi connectivity index (χ4v) is 5.38. The fraction of sp³-hybridized carbons (Fsp3) is 0.200. The molecule has 4 aromatic rings. The van der Waals surface area contributed by atoms with Crippen LogP contribution in [0, 0.1) is 5.92 Å². The number of thiazole rings is 1. The minimum Gasteiger partial charge on any atom is -0.494 e. The second-order valence-electron chi connectivity index (χ2n) is 7.29. The molecule has 31 heavy (non-hydrogen) atoms. The Morgan fingerprint density at radius 2 is 1.74 bits per heavy atom. The molecular formula is C25H21Cl2NO2S. The minimum absolute atomic E-state index is 0.0213. The Morgan fingerprint density at radius 3 is 2.42 bits per heavy atom. The lowest BCUT2D eigenvalue weighted by Gasteiger charge is -2.17. The van der Waals surface area contributed by atoms with Crippen LogP contribution in [0.1, 0.15) is 29.3 Å². The summed E-state index contributed by atoms with van der Waals surface area (Å²) in [6.45, 7) is 2.02. The first-order valence-corrected chi connectivity index (χ1v) is 11.6. The molecule has 1 unspecified atom stereocenters. The number of nitrogens with zero attached hydrogens (tertiary/aromatic N) is 1. The molecule has 0 amide bonds. The number of hydrogen-bond donors (Lipinski definition) is 0. The minimum atomic E-state index is -0.198. The van der Waals surface area contributed by atoms with Gasteiger partial charge in [-0.2, -0.15) is 0 Å². The molecule has 0 aliphatic carbocycles. The molecule has 0 aliphatic heterocycles. The first kappa shape index (κ1) is 21.8. The molecule has 4 rings (SSSR count). The lowest BCUT2D eigenvalue weighted by atomic mass is 9.87. The predicted octanol–water partition coefficient (Wildman–Crippen LogP) is 7.73. The Hall–Kier alpha value is -2.40. The molecule has 0 spiro atoms. The molecule has 3 nitrogen and oxygen atoms in total. The SMILES string of the molecule is CCC(Cc1ccccc1-c1nc2ccccc2s1)C(=O)c1cc(Cl)c(OC)c(Cl)c1. The average molecular weight is 470 g/mol. The molecule has 1 heterocycles. The summed E-state index contributed by atoms with van der Waals surface area (Å²) >= 11 is 14.2. The van der Waals surface area contributed by atoms with E-state index in [1.165, 1.54) is 7.11 Å². The van der Waals surface area contributed by atoms with Gasteiger partial charge in [0.25, 0.3) is 0 Å². The van der Waals surface area contributed by atoms with Crippen molar-refractivity contribution in [1.82, 2.24) is 4.98 Å². The van der Waals surface area contributed by atoms with Crippen LogP contribution in [0.5, 0.6) is 5.75 Å². The zero-order valence-corrected chi connectivity index (χ0v) is 19.5. The van der Waals surface area contributed by atoms with Gasteiger partial charge in [-0.05, 0) is 42.7 Å². The zero-order chi connectivity index (χ0) is 22.0. The highest BCUT2D eigenvalue weighted by molar-refractivity contribution is 7.21. The van der Waals surface area contributed by atoms with Crippen LogP contribution in [0.15, 0.2) is 60.7 Å². The van der Waals surface area contributed by atoms with Gasteiger partial charge in [0, 0.05) is 17.0 Å². The van der Waals surface area contributed by atoms with Crippen molar-refractivity contribution < 1.29 is 9.53 Å². The van der Waals surface area contributed by atoms with Crippen LogP contribution in [0.25, 0.3) is 20.8 Å². The number of hydrogen-bond acceptors (Lipinski definition) is 4. The number of Topliss-reactive ketones (excluding diaryl/α,β-unsaturated/α-hetero) is 1. The number of carbonyl (C=O) groups is 1. The number of ether oxygens (including phenoxy) is 1. The Morgan fingerprint density at radius 1 is 1.06 bits per heavy atom. The van der Waals surface area contributed by atoms with Gasteiger partial charge in [0.05, 0.1) is 27.4 Å². The van der Waals surface area contributed by atoms with E-state index in [9.17, 15) is 4.79 Å². The third-order valence-corrected chi connectivity index (χ3v) is 6.99. The van der Waals surface area contributed by atoms with Crippen LogP contribution in [0.4, 0.5) is 0 Å². The van der Waals surface area contributed by atoms with E-state index in [4.69, 9.17) is 32.9 Å². The van der Waals surface area contributed by atoms with Gasteiger partial charge in [-0.15, -0.1) is 11.3 Å². The maximum atomic E-state index is 13.3. The van der Waals surface area contributed by atoms with E-state index in [0.717, 1.165) is 26.4 Å². The van der Waals surface area contributed by atoms with E-state index < -0.39 is 0 Å². The molecule has 1 atom stereocenters. The molecule has 0 saturated carbocycles. The van der Waals surface area contributed by atoms with E-state index in [-0.39, 0.29) is 11.7 Å². The number of halogens is 2. The average Bonchev–Trinajstić information content (AvgIpc) is 3.21. The van der Waals surface area contributed by atoms with Crippen molar-refractivity contribution in [1.29, 1.82) is 0 Å². The van der Waals surface area contributed by atoms with Crippen LogP contribution in [0.3, 0.4) is 0 Å². The van der Waals surface area contributed by atoms with Gasteiger partial charge in [-0.25, -0.2) is 4.98 Å². The van der Waals surface area contributed by atoms with Gasteiger partial charge in [-0.1, -0.05) is 66.5 Å². The van der Waals surface area contributed by atoms with Crippen molar-refractivity contribution in [3.63, 3.8) is 0 Å². The number of methoxy groups -OCH3 is 1. The third kappa shape index (κ3) is 4.47. The maximum Gasteiger partial charge on any atom is 0.166 e. The lowest BCUT2D eigenvalue weighted by molar-refractivity contribution is 0.0916. The zero-order valence-electron chi connectivity index (χ0n) is 17.2. The predicted molar refractivity (Wildman–Crippen MR) is 130 cm³/mol. The number of rotatable bonds is 7. The summed E-state index contributed by atoms with van der Waals surface area (Å²) in [5.41, 5.74) is 3.66. The summed E-state index contributed by atoms with van der Waals surface area (Å²) in [6, 6.07) is 19.6. The lowest BCUT2D eigenvalue weighted by Crippen LogP contribution is -2.17. The van der Waals surface area contributed by atoms with Crippen molar-refractivity contribution in [2.24, 2.45) is 5.92 Å². The van der Waals surface area contributed by atoms with Crippen LogP contribution in [-0.2, 0) is 6.42 Å². The first-order valence-electron chi connectivity index (χ1n) is 10.0. The largest absolute Gasteiger partial charge is 0.494 e. The highest BCUT2D eigenvalue weighted by Crippen LogP contribution is 2.36. The van der Waals surface area contributed by atoms with Gasteiger partial charge in [0.2, 0.25) is 0 Å². The standard InChI is InChI=1S/C25H21Cl2NO2S/c1-3-15(23(29)17-13-19(26)24(30-2)20(27)14-17)12-16-8-4-5-9-18(16)25-28-21-10-6-7-11-22(21)31-25/h4-11,13-15H,3,12H2,1-2H3. The molecule has 3 aromatic carbocycles. The van der Waals surface area contributed by atoms with E-state index >= 15 is 0 Å². The topological polar surface area (TPSA) is 39.2 Å². The summed E-state index contributed by atoms with van der Waals surface area (Å²) in [7, 11) is 1.50. The van der Waals surface area contributed by atoms with Crippen molar-refractivity contribution in [3.8, 4) is 16.3 Å². The van der Waals surface area contributed by atoms with Crippen LogP contribution in [0.2, 0.25) is 10.0 Å². The maximum absolute atomic E-state index is 13.3. The summed E-state index contributed by atoms with van der Waals surface area (Å²) in [5, 5.41) is 1.64. The van der Waals surface area contributed by atoms with Crippen molar-refractivity contribution >= 4 is 50.5 Å². The Balaban J connectivity index is 1.66. The van der Waals surface area contributed by atoms with Gasteiger partial charge in [0.15, 0.2) is 11.5 Å². The Labute approximate surface area is 195 Å². The quantitative estimate of drug-likeness (QED) is 0.260. The van der Waals surface area contributed by atoms with E-state index in [0.29, 0.717) is 34.2 Å². The Kier molecular flexibility index (Phi) is 6.61. The van der Waals surface area contributed by atoms with Gasteiger partial charge in [0.1, 0.15) is 5.01 Å². The number of aromatic nitrogens is 1. The highest BCUT2D eigenvalue weighted by atomic mass is 35.5. The van der Waals surface area contributed by atoms with Crippen LogP contribution in [-0.4, -0.2) is 17.9 Å². The third-order valence-electron chi connectivity index (χ3n) is 5.36. The molecule has 6 heteroatoms. The molecule has 1 aromatic heterocycles. The summed E-state index contributed by atoms with van der Waals surface area (Å²) in [6.07, 6.45) is 1.32. The van der Waals surface area contributed by atoms with Crippen molar-refractivity contribution in [2.45, 2.75) is 19.8 Å². The molecule has 0 aliphatic rings. The smallest absolute Gasteiger partial charge is 0.166 e. The number of para-hydroxylation sites is 1. The monoisotopic (exact) mass is 469 g/mol. The number of carbonyl (C=O) groups excluding carboxylic acids is 1. The summed E-state index contributed by atoms with van der Waals surface area (Å²) in [4.78, 5) is 18.1. The van der Waals surface area contributed by atoms with Gasteiger partial charge in [-0.3, -0.25) is 4.79 Å². The van der Waals surface area contributed by atoms with Crippen LogP contribution >= 0.6 is 34.5 Å². The second-order valence-corrected chi connectivity index (χ2v) is 9.14. The molecule has 0 fully saturated rings. The van der Waals surface area contributed by atoms with Crippen molar-refractivity contribution in [3.05, 3.63) is 81.8 Å². The first-order chi connectivity index (χ1) is 15.0. The fourth-order valence-electron chi connectivity index (χ4n) is 3.72. The van der Waals surface area contributed by atoms with Gasteiger partial charge < -0.3 is 4.74 Å². The summed E-state index contributed by atoms with van der Waals surface area (Å²) < 4.78 is 6.35. The molecule has 0 bridgehead atoms.